The molecule has 0 aliphatic heterocycles. The predicted molar refractivity (Wildman–Crippen MR) is 84.5 cm³/mol. The third kappa shape index (κ3) is 3.20. The van der Waals surface area contributed by atoms with E-state index in [2.05, 4.69) is 34.3 Å². The first-order valence-corrected chi connectivity index (χ1v) is 6.99. The molecular formula is C15H19ClN4. The Morgan fingerprint density at radius 1 is 1.20 bits per heavy atom. The van der Waals surface area contributed by atoms with E-state index in [4.69, 9.17) is 11.6 Å². The molecule has 0 spiro atoms. The first-order valence-electron chi connectivity index (χ1n) is 6.45. The zero-order chi connectivity index (χ0) is 14.6. The second kappa shape index (κ2) is 6.09. The van der Waals surface area contributed by atoms with Crippen LogP contribution in [0.4, 0.5) is 11.8 Å². The van der Waals surface area contributed by atoms with Gasteiger partial charge in [-0.2, -0.15) is 4.98 Å². The van der Waals surface area contributed by atoms with E-state index in [0.29, 0.717) is 11.8 Å². The van der Waals surface area contributed by atoms with E-state index in [1.165, 1.54) is 0 Å². The Hall–Kier alpha value is -1.81. The monoisotopic (exact) mass is 290 g/mol. The summed E-state index contributed by atoms with van der Waals surface area (Å²) in [6.07, 6.45) is 1.74. The molecule has 1 unspecified atom stereocenters. The fourth-order valence-corrected chi connectivity index (χ4v) is 2.13. The highest BCUT2D eigenvalue weighted by Gasteiger charge is 2.25. The van der Waals surface area contributed by atoms with Crippen molar-refractivity contribution in [2.45, 2.75) is 12.5 Å². The Bertz CT molecular complexity index is 559. The maximum Gasteiger partial charge on any atom is 0.226 e. The second-order valence-corrected chi connectivity index (χ2v) is 5.36. The number of rotatable bonds is 5. The summed E-state index contributed by atoms with van der Waals surface area (Å²) in [5, 5.41) is 3.41. The minimum Gasteiger partial charge on any atom is -0.359 e. The first-order chi connectivity index (χ1) is 9.55. The number of hydrogen-bond acceptors (Lipinski definition) is 4. The molecule has 0 aliphatic carbocycles. The summed E-state index contributed by atoms with van der Waals surface area (Å²) < 4.78 is 0. The van der Waals surface area contributed by atoms with Crippen molar-refractivity contribution in [1.82, 2.24) is 9.97 Å². The van der Waals surface area contributed by atoms with Crippen LogP contribution in [0.5, 0.6) is 0 Å². The van der Waals surface area contributed by atoms with Crippen LogP contribution >= 0.6 is 11.6 Å². The van der Waals surface area contributed by atoms with Gasteiger partial charge in [-0.15, -0.1) is 11.6 Å². The van der Waals surface area contributed by atoms with E-state index in [9.17, 15) is 0 Å². The lowest BCUT2D eigenvalue weighted by molar-refractivity contribution is 0.613. The van der Waals surface area contributed by atoms with Crippen LogP contribution < -0.4 is 10.2 Å². The lowest BCUT2D eigenvalue weighted by Gasteiger charge is -2.30. The number of halogens is 1. The van der Waals surface area contributed by atoms with Gasteiger partial charge >= 0.3 is 0 Å². The van der Waals surface area contributed by atoms with Gasteiger partial charge in [-0.1, -0.05) is 30.3 Å². The van der Waals surface area contributed by atoms with Gasteiger partial charge in [0.2, 0.25) is 5.95 Å². The molecule has 106 valence electrons. The summed E-state index contributed by atoms with van der Waals surface area (Å²) in [4.78, 5) is 10.6. The molecule has 0 radical (unpaired) electrons. The smallest absolute Gasteiger partial charge is 0.226 e. The number of nitrogens with zero attached hydrogens (tertiary/aromatic N) is 3. The first kappa shape index (κ1) is 14.6. The van der Waals surface area contributed by atoms with Crippen LogP contribution in [0.15, 0.2) is 42.6 Å². The number of hydrogen-bond donors (Lipinski definition) is 1. The number of benzene rings is 1. The molecule has 1 aromatic heterocycles. The van der Waals surface area contributed by atoms with E-state index in [-0.39, 0.29) is 5.54 Å². The molecular weight excluding hydrogens is 272 g/mol. The third-order valence-electron chi connectivity index (χ3n) is 3.13. The summed E-state index contributed by atoms with van der Waals surface area (Å²) in [7, 11) is 3.83. The van der Waals surface area contributed by atoms with Crippen LogP contribution in [0.3, 0.4) is 0 Å². The molecule has 5 heteroatoms. The normalized spacial score (nSPS) is 13.6. The van der Waals surface area contributed by atoms with Crippen LogP contribution in [0.25, 0.3) is 0 Å². The summed E-state index contributed by atoms with van der Waals surface area (Å²) in [5.74, 6) is 1.87. The molecule has 1 N–H and O–H groups in total. The molecule has 2 rings (SSSR count). The van der Waals surface area contributed by atoms with Gasteiger partial charge in [-0.25, -0.2) is 4.98 Å². The number of alkyl halides is 1. The Morgan fingerprint density at radius 3 is 2.50 bits per heavy atom. The quantitative estimate of drug-likeness (QED) is 0.859. The van der Waals surface area contributed by atoms with Gasteiger partial charge in [0.1, 0.15) is 5.82 Å². The van der Waals surface area contributed by atoms with Crippen molar-refractivity contribution in [2.24, 2.45) is 0 Å². The Labute approximate surface area is 124 Å². The highest BCUT2D eigenvalue weighted by Crippen LogP contribution is 2.26. The van der Waals surface area contributed by atoms with Gasteiger partial charge in [-0.3, -0.25) is 0 Å². The average Bonchev–Trinajstić information content (AvgIpc) is 2.48. The molecule has 1 atom stereocenters. The van der Waals surface area contributed by atoms with Crippen LogP contribution in [0.1, 0.15) is 12.5 Å². The number of nitrogens with one attached hydrogen (secondary N) is 1. The summed E-state index contributed by atoms with van der Waals surface area (Å²) >= 11 is 6.18. The zero-order valence-electron chi connectivity index (χ0n) is 12.0. The molecule has 0 bridgehead atoms. The average molecular weight is 291 g/mol. The van der Waals surface area contributed by atoms with Gasteiger partial charge in [0.05, 0.1) is 5.54 Å². The van der Waals surface area contributed by atoms with Gasteiger partial charge < -0.3 is 10.2 Å². The Balaban J connectivity index is 2.28. The van der Waals surface area contributed by atoms with Crippen LogP contribution in [0.2, 0.25) is 0 Å². The van der Waals surface area contributed by atoms with Crippen LogP contribution in [0, 0.1) is 0 Å². The van der Waals surface area contributed by atoms with Crippen molar-refractivity contribution in [3.63, 3.8) is 0 Å². The minimum atomic E-state index is -0.374. The second-order valence-electron chi connectivity index (χ2n) is 5.09. The molecule has 2 aromatic rings. The summed E-state index contributed by atoms with van der Waals surface area (Å²) in [6.45, 7) is 2.06. The number of anilines is 2. The van der Waals surface area contributed by atoms with Gasteiger partial charge in [0.25, 0.3) is 0 Å². The largest absolute Gasteiger partial charge is 0.359 e. The fraction of sp³-hybridized carbons (Fsp3) is 0.333. The molecule has 0 aliphatic rings. The molecule has 0 saturated heterocycles. The van der Waals surface area contributed by atoms with Crippen molar-refractivity contribution < 1.29 is 0 Å². The van der Waals surface area contributed by atoms with Crippen molar-refractivity contribution in [2.75, 3.05) is 30.2 Å². The molecule has 0 saturated carbocycles. The van der Waals surface area contributed by atoms with E-state index in [1.807, 2.05) is 43.3 Å². The molecule has 0 fully saturated rings. The lowest BCUT2D eigenvalue weighted by atomic mass is 9.94. The maximum atomic E-state index is 6.18. The van der Waals surface area contributed by atoms with Crippen LogP contribution in [-0.4, -0.2) is 29.9 Å². The fourth-order valence-electron chi connectivity index (χ4n) is 1.90. The van der Waals surface area contributed by atoms with E-state index in [1.54, 1.807) is 6.20 Å². The molecule has 4 nitrogen and oxygen atoms in total. The molecule has 1 heterocycles. The van der Waals surface area contributed by atoms with Crippen molar-refractivity contribution in [1.29, 1.82) is 0 Å². The van der Waals surface area contributed by atoms with Gasteiger partial charge in [0, 0.05) is 26.2 Å². The molecule has 1 aromatic carbocycles. The van der Waals surface area contributed by atoms with Crippen LogP contribution in [-0.2, 0) is 5.54 Å². The van der Waals surface area contributed by atoms with Crippen molar-refractivity contribution >= 4 is 23.4 Å². The summed E-state index contributed by atoms with van der Waals surface area (Å²) in [5.41, 5.74) is 0.751. The lowest BCUT2D eigenvalue weighted by Crippen LogP contribution is -2.34. The highest BCUT2D eigenvalue weighted by atomic mass is 35.5. The van der Waals surface area contributed by atoms with Crippen molar-refractivity contribution in [3.05, 3.63) is 48.2 Å². The maximum absolute atomic E-state index is 6.18. The third-order valence-corrected chi connectivity index (χ3v) is 3.66. The van der Waals surface area contributed by atoms with Gasteiger partial charge in [-0.05, 0) is 18.6 Å². The Kier molecular flexibility index (Phi) is 4.45. The Morgan fingerprint density at radius 2 is 1.90 bits per heavy atom. The SMILES string of the molecule is CN(C)c1nccc(NC(C)(CCl)c2ccccc2)n1. The van der Waals surface area contributed by atoms with Crippen molar-refractivity contribution in [3.8, 4) is 0 Å². The summed E-state index contributed by atoms with van der Waals surface area (Å²) in [6, 6.07) is 12.0. The minimum absolute atomic E-state index is 0.374. The zero-order valence-corrected chi connectivity index (χ0v) is 12.7. The predicted octanol–water partition coefficient (Wildman–Crippen LogP) is 3.11. The van der Waals surface area contributed by atoms with E-state index in [0.717, 1.165) is 11.4 Å². The molecule has 20 heavy (non-hydrogen) atoms. The highest BCUT2D eigenvalue weighted by molar-refractivity contribution is 6.18. The van der Waals surface area contributed by atoms with Gasteiger partial charge in [0.15, 0.2) is 0 Å². The molecule has 0 amide bonds. The van der Waals surface area contributed by atoms with E-state index >= 15 is 0 Å². The standard InChI is InChI=1S/C15H19ClN4/c1-15(11-16,12-7-5-4-6-8-12)19-13-9-10-17-14(18-13)20(2)3/h4-10H,11H2,1-3H3,(H,17,18,19). The topological polar surface area (TPSA) is 41.1 Å². The number of aromatic nitrogens is 2. The van der Waals surface area contributed by atoms with E-state index < -0.39 is 0 Å².